The molecule has 2 amide bonds. The first kappa shape index (κ1) is 19.4. The summed E-state index contributed by atoms with van der Waals surface area (Å²) in [6, 6.07) is 11.6. The second-order valence-electron chi connectivity index (χ2n) is 5.56. The molecule has 0 saturated heterocycles. The van der Waals surface area contributed by atoms with Gasteiger partial charge in [0.1, 0.15) is 5.82 Å². The third-order valence-corrected chi connectivity index (χ3v) is 3.49. The van der Waals surface area contributed by atoms with Crippen LogP contribution in [0.4, 0.5) is 23.2 Å². The van der Waals surface area contributed by atoms with E-state index in [4.69, 9.17) is 0 Å². The summed E-state index contributed by atoms with van der Waals surface area (Å²) in [5.41, 5.74) is 1.35. The number of halogens is 4. The highest BCUT2D eigenvalue weighted by molar-refractivity contribution is 5.94. The number of benzene rings is 2. The zero-order chi connectivity index (χ0) is 19.2. The number of rotatable bonds is 6. The van der Waals surface area contributed by atoms with Gasteiger partial charge in [0.2, 0.25) is 5.91 Å². The first-order valence-corrected chi connectivity index (χ1v) is 7.72. The Labute approximate surface area is 147 Å². The summed E-state index contributed by atoms with van der Waals surface area (Å²) in [6.45, 7) is 0.109. The largest absolute Gasteiger partial charge is 0.471 e. The fourth-order valence-corrected chi connectivity index (χ4v) is 2.16. The molecule has 2 N–H and O–H groups in total. The maximum absolute atomic E-state index is 12.8. The monoisotopic (exact) mass is 368 g/mol. The van der Waals surface area contributed by atoms with Crippen LogP contribution in [-0.2, 0) is 22.6 Å². The molecule has 2 aromatic rings. The molecule has 2 rings (SSSR count). The van der Waals surface area contributed by atoms with E-state index >= 15 is 0 Å². The quantitative estimate of drug-likeness (QED) is 0.766. The van der Waals surface area contributed by atoms with E-state index in [2.05, 4.69) is 5.32 Å². The van der Waals surface area contributed by atoms with Crippen molar-refractivity contribution in [2.24, 2.45) is 0 Å². The van der Waals surface area contributed by atoms with Crippen LogP contribution in [0.1, 0.15) is 17.5 Å². The van der Waals surface area contributed by atoms with Crippen molar-refractivity contribution in [2.75, 3.05) is 5.32 Å². The van der Waals surface area contributed by atoms with E-state index in [1.54, 1.807) is 23.5 Å². The van der Waals surface area contributed by atoms with Gasteiger partial charge in [-0.1, -0.05) is 24.3 Å². The summed E-state index contributed by atoms with van der Waals surface area (Å²) in [5.74, 6) is -2.66. The van der Waals surface area contributed by atoms with Gasteiger partial charge in [-0.3, -0.25) is 9.59 Å². The van der Waals surface area contributed by atoms with Gasteiger partial charge >= 0.3 is 12.1 Å². The number of carbonyl (C=O) groups is 2. The van der Waals surface area contributed by atoms with Crippen molar-refractivity contribution < 1.29 is 27.2 Å². The van der Waals surface area contributed by atoms with Gasteiger partial charge in [-0.25, -0.2) is 4.39 Å². The molecular weight excluding hydrogens is 352 g/mol. The zero-order valence-electron chi connectivity index (χ0n) is 13.6. The molecule has 8 heteroatoms. The van der Waals surface area contributed by atoms with Crippen molar-refractivity contribution in [1.29, 1.82) is 0 Å². The summed E-state index contributed by atoms with van der Waals surface area (Å²) >= 11 is 0. The number of aryl methyl sites for hydroxylation is 1. The third kappa shape index (κ3) is 6.19. The molecular formula is C18H16F4N2O2. The number of nitrogens with one attached hydrogen (secondary N) is 2. The summed E-state index contributed by atoms with van der Waals surface area (Å²) in [5, 5.41) is 4.40. The third-order valence-electron chi connectivity index (χ3n) is 3.49. The molecule has 0 heterocycles. The number of hydrogen-bond acceptors (Lipinski definition) is 2. The van der Waals surface area contributed by atoms with Crippen LogP contribution in [0.3, 0.4) is 0 Å². The minimum atomic E-state index is -4.97. The molecule has 0 radical (unpaired) electrons. The predicted octanol–water partition coefficient (Wildman–Crippen LogP) is 3.58. The lowest BCUT2D eigenvalue weighted by atomic mass is 10.1. The Bertz CT molecular complexity index is 774. The summed E-state index contributed by atoms with van der Waals surface area (Å²) < 4.78 is 49.5. The van der Waals surface area contributed by atoms with Gasteiger partial charge in [-0.2, -0.15) is 13.2 Å². The Morgan fingerprint density at radius 2 is 1.65 bits per heavy atom. The van der Waals surface area contributed by atoms with Crippen LogP contribution >= 0.6 is 0 Å². The first-order chi connectivity index (χ1) is 12.2. The molecule has 2 aromatic carbocycles. The molecule has 0 aliphatic heterocycles. The lowest BCUT2D eigenvalue weighted by Gasteiger charge is -2.10. The smallest absolute Gasteiger partial charge is 0.352 e. The van der Waals surface area contributed by atoms with E-state index in [0.717, 1.165) is 5.56 Å². The van der Waals surface area contributed by atoms with Crippen LogP contribution in [0, 0.1) is 5.82 Å². The Balaban J connectivity index is 1.83. The predicted molar refractivity (Wildman–Crippen MR) is 87.7 cm³/mol. The first-order valence-electron chi connectivity index (χ1n) is 7.72. The van der Waals surface area contributed by atoms with Gasteiger partial charge in [-0.15, -0.1) is 0 Å². The molecule has 0 spiro atoms. The van der Waals surface area contributed by atoms with Gasteiger partial charge in [0.15, 0.2) is 0 Å². The normalized spacial score (nSPS) is 11.1. The Kier molecular flexibility index (Phi) is 6.32. The van der Waals surface area contributed by atoms with E-state index in [9.17, 15) is 27.2 Å². The number of anilines is 1. The molecule has 138 valence electrons. The van der Waals surface area contributed by atoms with E-state index in [1.165, 1.54) is 30.3 Å². The standard InChI is InChI=1S/C18H16F4N2O2/c19-14-7-4-12(5-8-14)6-9-16(25)23-11-13-2-1-3-15(10-13)24-17(26)18(20,21)22/h1-5,7-8,10H,6,9,11H2,(H,23,25)(H,24,26). The Morgan fingerprint density at radius 1 is 0.962 bits per heavy atom. The minimum absolute atomic E-state index is 0.00890. The SMILES string of the molecule is O=C(CCc1ccc(F)cc1)NCc1cccc(NC(=O)C(F)(F)F)c1. The van der Waals surface area contributed by atoms with Gasteiger partial charge in [0, 0.05) is 18.7 Å². The average molecular weight is 368 g/mol. The number of amides is 2. The summed E-state index contributed by atoms with van der Waals surface area (Å²) in [7, 11) is 0. The highest BCUT2D eigenvalue weighted by Gasteiger charge is 2.38. The van der Waals surface area contributed by atoms with Crippen LogP contribution in [0.15, 0.2) is 48.5 Å². The van der Waals surface area contributed by atoms with Crippen LogP contribution in [0.5, 0.6) is 0 Å². The molecule has 0 atom stereocenters. The van der Waals surface area contributed by atoms with Crippen LogP contribution in [0.2, 0.25) is 0 Å². The Hall–Kier alpha value is -2.90. The molecule has 0 bridgehead atoms. The second-order valence-corrected chi connectivity index (χ2v) is 5.56. The maximum Gasteiger partial charge on any atom is 0.471 e. The lowest BCUT2D eigenvalue weighted by Crippen LogP contribution is -2.30. The highest BCUT2D eigenvalue weighted by atomic mass is 19.4. The van der Waals surface area contributed by atoms with Crippen molar-refractivity contribution in [2.45, 2.75) is 25.6 Å². The van der Waals surface area contributed by atoms with Gasteiger partial charge < -0.3 is 10.6 Å². The van der Waals surface area contributed by atoms with E-state index in [1.807, 2.05) is 0 Å². The van der Waals surface area contributed by atoms with E-state index in [0.29, 0.717) is 12.0 Å². The van der Waals surface area contributed by atoms with Crippen molar-refractivity contribution in [1.82, 2.24) is 5.32 Å². The molecule has 0 saturated carbocycles. The molecule has 26 heavy (non-hydrogen) atoms. The lowest BCUT2D eigenvalue weighted by molar-refractivity contribution is -0.167. The molecule has 4 nitrogen and oxygen atoms in total. The van der Waals surface area contributed by atoms with Gasteiger partial charge in [0.05, 0.1) is 0 Å². The van der Waals surface area contributed by atoms with Crippen molar-refractivity contribution >= 4 is 17.5 Å². The highest BCUT2D eigenvalue weighted by Crippen LogP contribution is 2.19. The zero-order valence-corrected chi connectivity index (χ0v) is 13.6. The fourth-order valence-electron chi connectivity index (χ4n) is 2.16. The van der Waals surface area contributed by atoms with Crippen LogP contribution < -0.4 is 10.6 Å². The Morgan fingerprint density at radius 3 is 2.31 bits per heavy atom. The molecule has 0 aromatic heterocycles. The summed E-state index contributed by atoms with van der Waals surface area (Å²) in [6.07, 6.45) is -4.34. The molecule has 0 aliphatic carbocycles. The molecule has 0 aliphatic rings. The van der Waals surface area contributed by atoms with Crippen molar-refractivity contribution in [3.63, 3.8) is 0 Å². The van der Waals surface area contributed by atoms with Gasteiger partial charge in [-0.05, 0) is 41.8 Å². The molecule has 0 fully saturated rings. The number of hydrogen-bond donors (Lipinski definition) is 2. The number of carbonyl (C=O) groups excluding carboxylic acids is 2. The minimum Gasteiger partial charge on any atom is -0.352 e. The maximum atomic E-state index is 12.8. The van der Waals surface area contributed by atoms with E-state index < -0.39 is 12.1 Å². The second kappa shape index (κ2) is 8.46. The van der Waals surface area contributed by atoms with Crippen molar-refractivity contribution in [3.8, 4) is 0 Å². The van der Waals surface area contributed by atoms with Crippen LogP contribution in [-0.4, -0.2) is 18.0 Å². The summed E-state index contributed by atoms with van der Waals surface area (Å²) in [4.78, 5) is 22.8. The number of alkyl halides is 3. The van der Waals surface area contributed by atoms with Crippen molar-refractivity contribution in [3.05, 3.63) is 65.5 Å². The fraction of sp³-hybridized carbons (Fsp3) is 0.222. The average Bonchev–Trinajstić information content (AvgIpc) is 2.59. The van der Waals surface area contributed by atoms with Crippen LogP contribution in [0.25, 0.3) is 0 Å². The molecule has 0 unspecified atom stereocenters. The van der Waals surface area contributed by atoms with Gasteiger partial charge in [0.25, 0.3) is 0 Å². The topological polar surface area (TPSA) is 58.2 Å². The van der Waals surface area contributed by atoms with E-state index in [-0.39, 0.29) is 30.4 Å².